The number of phenols is 1. The molecule has 6 rings (SSSR count). The molecule has 12 nitrogen and oxygen atoms in total. The predicted octanol–water partition coefficient (Wildman–Crippen LogP) is 3.69. The van der Waals surface area contributed by atoms with Gasteiger partial charge in [-0.05, 0) is 64.1 Å². The first-order valence-electron chi connectivity index (χ1n) is 16.1. The summed E-state index contributed by atoms with van der Waals surface area (Å²) in [7, 11) is 1.64. The zero-order valence-corrected chi connectivity index (χ0v) is 42.7. The van der Waals surface area contributed by atoms with Gasteiger partial charge in [0.1, 0.15) is 35.5 Å². The van der Waals surface area contributed by atoms with Crippen LogP contribution in [-0.4, -0.2) is 42.2 Å². The van der Waals surface area contributed by atoms with Crippen LogP contribution in [0.4, 0.5) is 0 Å². The number of nitriles is 3. The van der Waals surface area contributed by atoms with Crippen LogP contribution < -0.4 is 118 Å². The molecule has 0 bridgehead atoms. The molecule has 1 N–H and O–H groups in total. The van der Waals surface area contributed by atoms with E-state index >= 15 is 0 Å². The van der Waals surface area contributed by atoms with Gasteiger partial charge in [0.05, 0.1) is 47.0 Å². The van der Waals surface area contributed by atoms with Crippen LogP contribution >= 0.6 is 47.3 Å². The molecule has 0 aliphatic carbocycles. The molecule has 18 heteroatoms. The third-order valence-electron chi connectivity index (χ3n) is 7.54. The summed E-state index contributed by atoms with van der Waals surface area (Å²) in [6, 6.07) is 23.2. The first-order chi connectivity index (χ1) is 25.5. The largest absolute Gasteiger partial charge is 1.00 e. The number of benzene rings is 3. The normalized spacial score (nSPS) is 8.95. The molecule has 3 aromatic heterocycles. The Balaban J connectivity index is -0.000000332. The number of aromatic nitrogens is 3. The fourth-order valence-electron chi connectivity index (χ4n) is 5.26. The number of methoxy groups -OCH3 is 1. The molecule has 294 valence electrons. The van der Waals surface area contributed by atoms with Gasteiger partial charge in [-0.1, -0.05) is 14.9 Å². The van der Waals surface area contributed by atoms with Gasteiger partial charge in [-0.2, -0.15) is 15.8 Å². The maximum atomic E-state index is 9.34. The molecule has 3 aromatic carbocycles. The number of carbonyl (C=O) groups excluding carboxylic acids is 1. The Kier molecular flexibility index (Phi) is 33.7. The van der Waals surface area contributed by atoms with E-state index in [0.29, 0.717) is 12.2 Å². The van der Waals surface area contributed by atoms with Crippen molar-refractivity contribution in [2.24, 2.45) is 0 Å². The van der Waals surface area contributed by atoms with E-state index in [1.807, 2.05) is 73.4 Å². The first kappa shape index (κ1) is 59.7. The molecule has 6 aromatic rings. The van der Waals surface area contributed by atoms with Crippen molar-refractivity contribution in [3.05, 3.63) is 89.9 Å². The quantitative estimate of drug-likeness (QED) is 0.108. The van der Waals surface area contributed by atoms with Crippen molar-refractivity contribution < 1.29 is 134 Å². The van der Waals surface area contributed by atoms with Crippen LogP contribution in [-0.2, 0) is 29.3 Å². The number of ether oxygens (including phenoxy) is 2. The van der Waals surface area contributed by atoms with E-state index in [0.717, 1.165) is 75.0 Å². The minimum atomic E-state index is -0.181. The van der Waals surface area contributed by atoms with Gasteiger partial charge >= 0.3 is 106 Å². The Morgan fingerprint density at radius 3 is 1.37 bits per heavy atom. The zero-order valence-electron chi connectivity index (χ0n) is 32.7. The Labute approximate surface area is 447 Å². The number of hydrogen-bond acceptors (Lipinski definition) is 9. The summed E-state index contributed by atoms with van der Waals surface area (Å²) in [5.41, 5.74) is 5.11. The number of fused-ring (bicyclic) bond motifs is 3. The van der Waals surface area contributed by atoms with E-state index in [1.54, 1.807) is 25.3 Å². The maximum absolute atomic E-state index is 9.34. The molecule has 0 aliphatic heterocycles. The van der Waals surface area contributed by atoms with Gasteiger partial charge in [-0.25, -0.2) is 0 Å². The second kappa shape index (κ2) is 32.2. The standard InChI is InChI=1S/C13H14N2O.C12H12N2O.C11H10N2O.CH2O3.2CH4.BBr3.2K.H/c1-3-15-9-10(8-14)12-6-5-11(16-4-2)7-13(12)15;1-3-14-8-9(7-13)11-5-4-10(15-2)6-12(11)14;1-2-13-7-8(6-12)10-4-3-9(14)5-11(10)13;2-1-4-3;;;2-1(3)4;;;/h5-7,9H,3-4H2,1-2H3;4-6,8H,3H2,1-2H3;3-5,7,14H,2H2,1H3;1,3H;2*1H4;;;;/q;;;;;;;2*+1;-1/p-1. The molecule has 0 unspecified atom stereocenters. The van der Waals surface area contributed by atoms with Crippen LogP contribution in [0.3, 0.4) is 0 Å². The molecule has 0 spiro atoms. The third kappa shape index (κ3) is 17.9. The number of hydrogen-bond donors (Lipinski definition) is 1. The fraction of sp³-hybridized carbons (Fsp3) is 0.282. The molecular weight excluding hydrogens is 977 g/mol. The molecule has 0 radical (unpaired) electrons. The molecule has 0 fully saturated rings. The fourth-order valence-corrected chi connectivity index (χ4v) is 5.26. The van der Waals surface area contributed by atoms with Crippen molar-refractivity contribution >= 4 is 89.6 Å². The summed E-state index contributed by atoms with van der Waals surface area (Å²) >= 11 is 9.31. The molecule has 0 saturated carbocycles. The number of phenolic OH excluding ortho intramolecular Hbond substituents is 1. The summed E-state index contributed by atoms with van der Waals surface area (Å²) < 4.78 is 17.0. The van der Waals surface area contributed by atoms with Gasteiger partial charge in [0.15, 0.2) is 0 Å². The topological polar surface area (TPSA) is 174 Å². The Morgan fingerprint density at radius 2 is 1.05 bits per heavy atom. The van der Waals surface area contributed by atoms with Gasteiger partial charge in [0, 0.05) is 72.6 Å². The summed E-state index contributed by atoms with van der Waals surface area (Å²) in [5.74, 6) is 1.90. The molecule has 3 heterocycles. The Hall–Kier alpha value is -1.64. The third-order valence-corrected chi connectivity index (χ3v) is 7.54. The van der Waals surface area contributed by atoms with Gasteiger partial charge in [0.2, 0.25) is 0 Å². The number of halogens is 3. The van der Waals surface area contributed by atoms with Crippen molar-refractivity contribution in [1.29, 1.82) is 15.8 Å². The minimum Gasteiger partial charge on any atom is -1.00 e. The number of rotatable bonds is 7. The number of nitrogens with zero attached hydrogens (tertiary/aromatic N) is 6. The molecule has 0 amide bonds. The summed E-state index contributed by atoms with van der Waals surface area (Å²) in [6.45, 7) is 11.1. The van der Waals surface area contributed by atoms with Crippen molar-refractivity contribution in [3.8, 4) is 35.5 Å². The van der Waals surface area contributed by atoms with Crippen LogP contribution in [0.2, 0.25) is 0 Å². The Bertz CT molecular complexity index is 2250. The van der Waals surface area contributed by atoms with Crippen molar-refractivity contribution in [2.45, 2.75) is 62.2 Å². The maximum Gasteiger partial charge on any atom is 1.00 e. The molecule has 0 aliphatic rings. The van der Waals surface area contributed by atoms with E-state index in [-0.39, 0.29) is 134 Å². The molecule has 0 saturated heterocycles. The number of carbonyl (C=O) groups is 1. The zero-order chi connectivity index (χ0) is 39.5. The van der Waals surface area contributed by atoms with Gasteiger partial charge in [-0.3, -0.25) is 4.79 Å². The first-order valence-corrected chi connectivity index (χ1v) is 18.8. The average Bonchev–Trinajstić information content (AvgIpc) is 3.84. The van der Waals surface area contributed by atoms with Crippen LogP contribution in [0.1, 0.15) is 60.7 Å². The van der Waals surface area contributed by atoms with Crippen LogP contribution in [0, 0.1) is 34.0 Å². The second-order valence-corrected chi connectivity index (χ2v) is 16.9. The van der Waals surface area contributed by atoms with Crippen LogP contribution in [0.25, 0.3) is 32.7 Å². The summed E-state index contributed by atoms with van der Waals surface area (Å²) in [4.78, 5) is 11.2. The molecular formula is C39H46BBr3K2N6O6. The van der Waals surface area contributed by atoms with Crippen molar-refractivity contribution in [3.63, 3.8) is 0 Å². The van der Waals surface area contributed by atoms with E-state index < -0.39 is 0 Å². The van der Waals surface area contributed by atoms with E-state index in [9.17, 15) is 5.11 Å². The van der Waals surface area contributed by atoms with E-state index in [4.69, 9.17) is 35.3 Å². The van der Waals surface area contributed by atoms with Gasteiger partial charge < -0.3 is 39.9 Å². The smallest absolute Gasteiger partial charge is 1.00 e. The summed E-state index contributed by atoms with van der Waals surface area (Å²) in [6.07, 6.45) is 5.58. The SMILES string of the molecule is BrB(Br)Br.C.C.CCOc1ccc2c(C#N)cn(CC)c2c1.CCn1cc(C#N)c2ccc(O)cc21.CCn1cc(C#N)c2ccc(OC)cc21.O=CO[O-].[H-].[K+].[K+]. The van der Waals surface area contributed by atoms with E-state index in [2.05, 4.69) is 93.3 Å². The minimum absolute atomic E-state index is 0. The molecule has 0 atom stereocenters. The summed E-state index contributed by atoms with van der Waals surface area (Å²) in [5, 5.41) is 47.5. The van der Waals surface area contributed by atoms with Gasteiger partial charge in [0.25, 0.3) is 6.47 Å². The number of aryl methyl sites for hydroxylation is 3. The van der Waals surface area contributed by atoms with E-state index in [1.165, 1.54) is 0 Å². The monoisotopic (exact) mass is 1020 g/mol. The Morgan fingerprint density at radius 1 is 0.719 bits per heavy atom. The van der Waals surface area contributed by atoms with Crippen LogP contribution in [0.5, 0.6) is 17.2 Å². The second-order valence-electron chi connectivity index (χ2n) is 10.5. The van der Waals surface area contributed by atoms with Gasteiger partial charge in [-0.15, -0.1) is 47.3 Å². The molecule has 57 heavy (non-hydrogen) atoms. The van der Waals surface area contributed by atoms with Crippen molar-refractivity contribution in [2.75, 3.05) is 13.7 Å². The average molecular weight is 1020 g/mol. The van der Waals surface area contributed by atoms with Crippen LogP contribution in [0.15, 0.2) is 73.2 Å². The van der Waals surface area contributed by atoms with Crippen molar-refractivity contribution in [1.82, 2.24) is 13.7 Å². The predicted molar refractivity (Wildman–Crippen MR) is 231 cm³/mol. The number of aromatic hydroxyl groups is 1.